The predicted molar refractivity (Wildman–Crippen MR) is 235 cm³/mol. The minimum Gasteiger partial charge on any atom is -0.394 e. The van der Waals surface area contributed by atoms with E-state index in [1.54, 1.807) is 6.08 Å². The van der Waals surface area contributed by atoms with Crippen molar-refractivity contribution in [2.24, 2.45) is 0 Å². The molecule has 0 spiro atoms. The van der Waals surface area contributed by atoms with Gasteiger partial charge in [0.1, 0.15) is 24.4 Å². The van der Waals surface area contributed by atoms with Gasteiger partial charge in [-0.1, -0.05) is 219 Å². The third kappa shape index (κ3) is 29.7. The lowest BCUT2D eigenvalue weighted by molar-refractivity contribution is -0.302. The van der Waals surface area contributed by atoms with Gasteiger partial charge < -0.3 is 40.3 Å². The summed E-state index contributed by atoms with van der Waals surface area (Å²) in [6.45, 7) is 3.79. The molecule has 1 fully saturated rings. The van der Waals surface area contributed by atoms with Crippen LogP contribution in [0.5, 0.6) is 0 Å². The Hall–Kier alpha value is -1.07. The zero-order valence-corrected chi connectivity index (χ0v) is 37.1. The molecule has 0 radical (unpaired) electrons. The molecule has 0 aromatic heterocycles. The van der Waals surface area contributed by atoms with Crippen LogP contribution in [-0.4, -0.2) is 87.5 Å². The molecule has 0 aromatic rings. The predicted octanol–water partition coefficient (Wildman–Crippen LogP) is 10.5. The van der Waals surface area contributed by atoms with Crippen molar-refractivity contribution < 1.29 is 39.8 Å². The van der Waals surface area contributed by atoms with Gasteiger partial charge in [-0.3, -0.25) is 4.79 Å². The first-order valence-corrected chi connectivity index (χ1v) is 24.4. The van der Waals surface area contributed by atoms with Crippen LogP contribution in [0, 0.1) is 0 Å². The molecule has 2 unspecified atom stereocenters. The van der Waals surface area contributed by atoms with Crippen molar-refractivity contribution in [3.8, 4) is 0 Å². The average Bonchev–Trinajstić information content (AvgIpc) is 3.21. The number of hydrogen-bond donors (Lipinski definition) is 6. The second kappa shape index (κ2) is 39.1. The van der Waals surface area contributed by atoms with E-state index in [1.807, 2.05) is 6.08 Å². The number of amides is 1. The van der Waals surface area contributed by atoms with E-state index in [9.17, 15) is 30.3 Å². The van der Waals surface area contributed by atoms with Gasteiger partial charge in [-0.15, -0.1) is 0 Å². The number of nitrogens with one attached hydrogen (secondary N) is 1. The first-order chi connectivity index (χ1) is 27.8. The van der Waals surface area contributed by atoms with Crippen LogP contribution in [0.3, 0.4) is 0 Å². The molecule has 9 heteroatoms. The van der Waals surface area contributed by atoms with Crippen LogP contribution in [0.4, 0.5) is 0 Å². The number of unbranched alkanes of at least 4 members (excludes halogenated alkanes) is 31. The van der Waals surface area contributed by atoms with Gasteiger partial charge in [0, 0.05) is 6.42 Å². The number of carbonyl (C=O) groups is 1. The maximum Gasteiger partial charge on any atom is 0.220 e. The summed E-state index contributed by atoms with van der Waals surface area (Å²) in [6, 6.07) is -0.798. The van der Waals surface area contributed by atoms with E-state index in [-0.39, 0.29) is 12.5 Å². The fourth-order valence-electron chi connectivity index (χ4n) is 7.92. The normalized spacial score (nSPS) is 21.0. The van der Waals surface area contributed by atoms with Gasteiger partial charge in [0.05, 0.1) is 25.4 Å². The molecular formula is C48H93NO8. The molecule has 1 aliphatic rings. The molecular weight excluding hydrogens is 719 g/mol. The van der Waals surface area contributed by atoms with E-state index < -0.39 is 49.5 Å². The number of ether oxygens (including phenoxy) is 2. The van der Waals surface area contributed by atoms with Crippen LogP contribution in [0.15, 0.2) is 12.2 Å². The number of rotatable bonds is 41. The fraction of sp³-hybridized carbons (Fsp3) is 0.938. The molecule has 338 valence electrons. The molecule has 1 rings (SSSR count). The van der Waals surface area contributed by atoms with Crippen LogP contribution in [0.2, 0.25) is 0 Å². The van der Waals surface area contributed by atoms with E-state index in [4.69, 9.17) is 9.47 Å². The lowest BCUT2D eigenvalue weighted by Crippen LogP contribution is -2.60. The topological polar surface area (TPSA) is 149 Å². The Morgan fingerprint density at radius 3 is 1.37 bits per heavy atom. The van der Waals surface area contributed by atoms with E-state index in [0.717, 1.165) is 38.5 Å². The number of aliphatic hydroxyl groups is 5. The monoisotopic (exact) mass is 812 g/mol. The zero-order chi connectivity index (χ0) is 41.6. The largest absolute Gasteiger partial charge is 0.394 e. The summed E-state index contributed by atoms with van der Waals surface area (Å²) in [5.74, 6) is -0.173. The molecule has 6 N–H and O–H groups in total. The van der Waals surface area contributed by atoms with Gasteiger partial charge in [-0.25, -0.2) is 0 Å². The van der Waals surface area contributed by atoms with E-state index >= 15 is 0 Å². The molecule has 0 aromatic carbocycles. The third-order valence-electron chi connectivity index (χ3n) is 11.9. The van der Waals surface area contributed by atoms with Crippen LogP contribution in [-0.2, 0) is 14.3 Å². The zero-order valence-electron chi connectivity index (χ0n) is 37.1. The summed E-state index contributed by atoms with van der Waals surface area (Å²) < 4.78 is 11.2. The molecule has 1 heterocycles. The van der Waals surface area contributed by atoms with Gasteiger partial charge in [-0.05, 0) is 19.3 Å². The summed E-state index contributed by atoms with van der Waals surface area (Å²) in [5, 5.41) is 54.2. The maximum atomic E-state index is 13.0. The third-order valence-corrected chi connectivity index (χ3v) is 11.9. The van der Waals surface area contributed by atoms with Gasteiger partial charge >= 0.3 is 0 Å². The standard InChI is InChI=1S/C48H93NO8/c1-3-5-7-9-11-13-15-17-19-20-21-22-24-26-28-30-32-34-36-38-44(52)49-41(40-56-48-47(55)46(54)45(53)43(39-50)57-48)42(51)37-35-33-31-29-27-25-23-18-16-14-12-10-8-6-4-2/h35,37,41-43,45-48,50-51,53-55H,3-34,36,38-40H2,1-2H3,(H,49,52)/b37-35+/t41?,42?,43-,45+,46+,47-,48-/m1/s1. The maximum absolute atomic E-state index is 13.0. The van der Waals surface area contributed by atoms with E-state index in [2.05, 4.69) is 19.2 Å². The van der Waals surface area contributed by atoms with Crippen LogP contribution >= 0.6 is 0 Å². The van der Waals surface area contributed by atoms with Crippen molar-refractivity contribution in [1.82, 2.24) is 5.32 Å². The van der Waals surface area contributed by atoms with Crippen molar-refractivity contribution in [3.05, 3.63) is 12.2 Å². The highest BCUT2D eigenvalue weighted by Gasteiger charge is 2.44. The molecule has 57 heavy (non-hydrogen) atoms. The average molecular weight is 812 g/mol. The fourth-order valence-corrected chi connectivity index (χ4v) is 7.92. The molecule has 1 saturated heterocycles. The Labute approximate surface area is 350 Å². The summed E-state index contributed by atoms with van der Waals surface area (Å²) >= 11 is 0. The van der Waals surface area contributed by atoms with Gasteiger partial charge in [0.25, 0.3) is 0 Å². The Bertz CT molecular complexity index is 904. The van der Waals surface area contributed by atoms with Crippen molar-refractivity contribution in [2.45, 2.75) is 275 Å². The quantitative estimate of drug-likeness (QED) is 0.0264. The Kier molecular flexibility index (Phi) is 37.0. The van der Waals surface area contributed by atoms with Crippen molar-refractivity contribution in [1.29, 1.82) is 0 Å². The highest BCUT2D eigenvalue weighted by Crippen LogP contribution is 2.23. The Morgan fingerprint density at radius 1 is 0.579 bits per heavy atom. The summed E-state index contributed by atoms with van der Waals surface area (Å²) in [4.78, 5) is 13.0. The van der Waals surface area contributed by atoms with Crippen LogP contribution < -0.4 is 5.32 Å². The van der Waals surface area contributed by atoms with Crippen molar-refractivity contribution in [3.63, 3.8) is 0 Å². The first kappa shape index (κ1) is 53.9. The summed E-state index contributed by atoms with van der Waals surface area (Å²) in [7, 11) is 0. The number of carbonyl (C=O) groups excluding carboxylic acids is 1. The van der Waals surface area contributed by atoms with Gasteiger partial charge in [0.2, 0.25) is 5.91 Å². The van der Waals surface area contributed by atoms with Crippen molar-refractivity contribution in [2.75, 3.05) is 13.2 Å². The van der Waals surface area contributed by atoms with Crippen molar-refractivity contribution >= 4 is 5.91 Å². The minimum atomic E-state index is -1.56. The molecule has 0 saturated carbocycles. The molecule has 1 aliphatic heterocycles. The first-order valence-electron chi connectivity index (χ1n) is 24.4. The van der Waals surface area contributed by atoms with Gasteiger partial charge in [-0.2, -0.15) is 0 Å². The number of aliphatic hydroxyl groups excluding tert-OH is 5. The summed E-state index contributed by atoms with van der Waals surface area (Å²) in [5.41, 5.74) is 0. The van der Waals surface area contributed by atoms with E-state index in [1.165, 1.54) is 173 Å². The number of hydrogen-bond acceptors (Lipinski definition) is 8. The van der Waals surface area contributed by atoms with Gasteiger partial charge in [0.15, 0.2) is 6.29 Å². The molecule has 0 bridgehead atoms. The molecule has 1 amide bonds. The van der Waals surface area contributed by atoms with Crippen LogP contribution in [0.1, 0.15) is 232 Å². The highest BCUT2D eigenvalue weighted by atomic mass is 16.7. The molecule has 9 nitrogen and oxygen atoms in total. The lowest BCUT2D eigenvalue weighted by atomic mass is 9.99. The molecule has 7 atom stereocenters. The SMILES string of the molecule is CCCCCCCCCCCCCCC/C=C/C(O)C(CO[C@@H]1O[C@H](CO)[C@H](O)[C@H](O)[C@H]1O)NC(=O)CCCCCCCCCCCCCCCCCCCCC. The lowest BCUT2D eigenvalue weighted by Gasteiger charge is -2.40. The Balaban J connectivity index is 2.31. The number of allylic oxidation sites excluding steroid dienone is 1. The smallest absolute Gasteiger partial charge is 0.220 e. The Morgan fingerprint density at radius 2 is 0.965 bits per heavy atom. The second-order valence-electron chi connectivity index (χ2n) is 17.3. The van der Waals surface area contributed by atoms with Crippen LogP contribution in [0.25, 0.3) is 0 Å². The van der Waals surface area contributed by atoms with E-state index in [0.29, 0.717) is 6.42 Å². The second-order valence-corrected chi connectivity index (χ2v) is 17.3. The summed E-state index contributed by atoms with van der Waals surface area (Å²) in [6.07, 6.45) is 38.2. The molecule has 0 aliphatic carbocycles. The minimum absolute atomic E-state index is 0.173. The highest BCUT2D eigenvalue weighted by molar-refractivity contribution is 5.76.